The fourth-order valence-corrected chi connectivity index (χ4v) is 0.847. The summed E-state index contributed by atoms with van der Waals surface area (Å²) in [7, 11) is 1.03. The van der Waals surface area contributed by atoms with E-state index in [0.29, 0.717) is 6.20 Å². The van der Waals surface area contributed by atoms with Crippen molar-refractivity contribution in [3.8, 4) is 5.75 Å². The molecule has 72 valence electrons. The zero-order valence-electron chi connectivity index (χ0n) is 6.61. The molecule has 0 saturated heterocycles. The van der Waals surface area contributed by atoms with Crippen molar-refractivity contribution in [2.75, 3.05) is 7.11 Å². The highest BCUT2D eigenvalue weighted by atomic mass is 19.3. The number of halogens is 3. The van der Waals surface area contributed by atoms with E-state index >= 15 is 0 Å². The third-order valence-corrected chi connectivity index (χ3v) is 1.46. The largest absolute Gasteiger partial charge is 0.489 e. The van der Waals surface area contributed by atoms with Gasteiger partial charge in [0.2, 0.25) is 17.1 Å². The van der Waals surface area contributed by atoms with Gasteiger partial charge >= 0.3 is 0 Å². The first-order valence-electron chi connectivity index (χ1n) is 3.31. The zero-order chi connectivity index (χ0) is 10.0. The standard InChI is InChI=1S/C7H6F3NO2/c1-13-5-4(12)3(6(8)9)2-11-7(5)10/h2,6H,1H3,(H,11,12). The van der Waals surface area contributed by atoms with Gasteiger partial charge in [0.15, 0.2) is 0 Å². The molecule has 1 rings (SSSR count). The van der Waals surface area contributed by atoms with Crippen LogP contribution in [-0.4, -0.2) is 12.1 Å². The van der Waals surface area contributed by atoms with Crippen molar-refractivity contribution in [3.63, 3.8) is 0 Å². The number of ether oxygens (including phenoxy) is 1. The summed E-state index contributed by atoms with van der Waals surface area (Å²) in [4.78, 5) is 12.9. The van der Waals surface area contributed by atoms with Crippen molar-refractivity contribution >= 4 is 0 Å². The van der Waals surface area contributed by atoms with E-state index in [1.54, 1.807) is 0 Å². The second kappa shape index (κ2) is 3.51. The maximum Gasteiger partial charge on any atom is 0.269 e. The van der Waals surface area contributed by atoms with Gasteiger partial charge in [0.25, 0.3) is 6.43 Å². The van der Waals surface area contributed by atoms with Crippen LogP contribution in [0.2, 0.25) is 0 Å². The highest BCUT2D eigenvalue weighted by Gasteiger charge is 2.18. The van der Waals surface area contributed by atoms with E-state index in [9.17, 15) is 18.0 Å². The van der Waals surface area contributed by atoms with Crippen LogP contribution in [0, 0.1) is 5.95 Å². The maximum atomic E-state index is 12.7. The molecule has 1 N–H and O–H groups in total. The monoisotopic (exact) mass is 193 g/mol. The Morgan fingerprint density at radius 2 is 2.15 bits per heavy atom. The van der Waals surface area contributed by atoms with Crippen LogP contribution < -0.4 is 10.2 Å². The minimum Gasteiger partial charge on any atom is -0.489 e. The van der Waals surface area contributed by atoms with E-state index in [4.69, 9.17) is 0 Å². The molecule has 0 fully saturated rings. The molecular formula is C7H6F3NO2. The number of aromatic amines is 1. The number of nitrogens with one attached hydrogen (secondary N) is 1. The Bertz CT molecular complexity index is 361. The van der Waals surface area contributed by atoms with Gasteiger partial charge in [-0.25, -0.2) is 8.78 Å². The lowest BCUT2D eigenvalue weighted by molar-refractivity contribution is 0.148. The van der Waals surface area contributed by atoms with E-state index in [1.807, 2.05) is 4.98 Å². The smallest absolute Gasteiger partial charge is 0.269 e. The number of methoxy groups -OCH3 is 1. The molecule has 0 spiro atoms. The Morgan fingerprint density at radius 3 is 2.62 bits per heavy atom. The zero-order valence-corrected chi connectivity index (χ0v) is 6.61. The Morgan fingerprint density at radius 1 is 1.54 bits per heavy atom. The lowest BCUT2D eigenvalue weighted by atomic mass is 10.3. The van der Waals surface area contributed by atoms with Crippen LogP contribution in [0.4, 0.5) is 13.2 Å². The van der Waals surface area contributed by atoms with Crippen LogP contribution in [0.5, 0.6) is 5.75 Å². The van der Waals surface area contributed by atoms with Crippen LogP contribution in [-0.2, 0) is 0 Å². The minimum atomic E-state index is -2.95. The van der Waals surface area contributed by atoms with Crippen molar-refractivity contribution in [2.45, 2.75) is 6.43 Å². The molecule has 0 aromatic carbocycles. The molecule has 0 bridgehead atoms. The van der Waals surface area contributed by atoms with Gasteiger partial charge in [0.1, 0.15) is 0 Å². The summed E-state index contributed by atoms with van der Waals surface area (Å²) < 4.78 is 41.1. The lowest BCUT2D eigenvalue weighted by Gasteiger charge is -2.03. The molecule has 6 heteroatoms. The number of hydrogen-bond donors (Lipinski definition) is 1. The van der Waals surface area contributed by atoms with E-state index in [2.05, 4.69) is 4.74 Å². The molecule has 0 aliphatic carbocycles. The Labute approximate surface area is 71.2 Å². The second-order valence-corrected chi connectivity index (χ2v) is 2.22. The summed E-state index contributed by atoms with van der Waals surface area (Å²) in [6, 6.07) is 0. The van der Waals surface area contributed by atoms with E-state index < -0.39 is 29.1 Å². The quantitative estimate of drug-likeness (QED) is 0.722. The Kier molecular flexibility index (Phi) is 2.60. The average molecular weight is 193 g/mol. The summed E-state index contributed by atoms with van der Waals surface area (Å²) in [5, 5.41) is 0. The topological polar surface area (TPSA) is 42.1 Å². The highest BCUT2D eigenvalue weighted by molar-refractivity contribution is 5.25. The van der Waals surface area contributed by atoms with E-state index in [1.165, 1.54) is 0 Å². The van der Waals surface area contributed by atoms with Gasteiger partial charge in [-0.1, -0.05) is 0 Å². The van der Waals surface area contributed by atoms with Crippen molar-refractivity contribution in [3.05, 3.63) is 27.9 Å². The number of hydrogen-bond acceptors (Lipinski definition) is 2. The van der Waals surface area contributed by atoms with Crippen molar-refractivity contribution < 1.29 is 17.9 Å². The molecule has 3 nitrogen and oxygen atoms in total. The van der Waals surface area contributed by atoms with Gasteiger partial charge in [-0.15, -0.1) is 0 Å². The van der Waals surface area contributed by atoms with E-state index in [0.717, 1.165) is 7.11 Å². The van der Waals surface area contributed by atoms with Crippen molar-refractivity contribution in [1.82, 2.24) is 4.98 Å². The first-order valence-corrected chi connectivity index (χ1v) is 3.31. The molecule has 13 heavy (non-hydrogen) atoms. The minimum absolute atomic E-state index is 0.630. The summed E-state index contributed by atoms with van der Waals surface area (Å²) in [6.45, 7) is 0. The first kappa shape index (κ1) is 9.63. The third-order valence-electron chi connectivity index (χ3n) is 1.46. The fraction of sp³-hybridized carbons (Fsp3) is 0.286. The van der Waals surface area contributed by atoms with Crippen LogP contribution >= 0.6 is 0 Å². The highest BCUT2D eigenvalue weighted by Crippen LogP contribution is 2.17. The molecule has 1 aromatic rings. The average Bonchev–Trinajstić information content (AvgIpc) is 2.04. The molecule has 0 aliphatic rings. The Balaban J connectivity index is 3.37. The van der Waals surface area contributed by atoms with Crippen LogP contribution in [0.15, 0.2) is 11.0 Å². The lowest BCUT2D eigenvalue weighted by Crippen LogP contribution is -2.14. The van der Waals surface area contributed by atoms with Crippen molar-refractivity contribution in [2.24, 2.45) is 0 Å². The fourth-order valence-electron chi connectivity index (χ4n) is 0.847. The summed E-state index contributed by atoms with van der Waals surface area (Å²) >= 11 is 0. The maximum absolute atomic E-state index is 12.7. The third kappa shape index (κ3) is 1.66. The molecule has 0 saturated carbocycles. The Hall–Kier alpha value is -1.46. The summed E-state index contributed by atoms with van der Waals surface area (Å²) in [5.74, 6) is -1.78. The number of alkyl halides is 2. The van der Waals surface area contributed by atoms with Crippen LogP contribution in [0.1, 0.15) is 12.0 Å². The predicted octanol–water partition coefficient (Wildman–Crippen LogP) is 1.46. The summed E-state index contributed by atoms with van der Waals surface area (Å²) in [5.41, 5.74) is -1.94. The molecule has 0 radical (unpaired) electrons. The first-order chi connectivity index (χ1) is 6.07. The van der Waals surface area contributed by atoms with Crippen molar-refractivity contribution in [1.29, 1.82) is 0 Å². The number of aromatic nitrogens is 1. The van der Waals surface area contributed by atoms with Gasteiger partial charge in [0, 0.05) is 6.20 Å². The van der Waals surface area contributed by atoms with Gasteiger partial charge in [0.05, 0.1) is 12.7 Å². The normalized spacial score (nSPS) is 10.5. The molecule has 0 amide bonds. The number of H-pyrrole nitrogens is 1. The molecule has 0 unspecified atom stereocenters. The second-order valence-electron chi connectivity index (χ2n) is 2.22. The molecule has 0 atom stereocenters. The molecule has 1 aromatic heterocycles. The van der Waals surface area contributed by atoms with Gasteiger partial charge < -0.3 is 9.72 Å². The molecular weight excluding hydrogens is 187 g/mol. The number of rotatable bonds is 2. The SMILES string of the molecule is COc1c(F)[nH]cc(C(F)F)c1=O. The van der Waals surface area contributed by atoms with Crippen LogP contribution in [0.25, 0.3) is 0 Å². The summed E-state index contributed by atoms with van der Waals surface area (Å²) in [6.07, 6.45) is -2.32. The number of pyridine rings is 1. The molecule has 0 aliphatic heterocycles. The van der Waals surface area contributed by atoms with Gasteiger partial charge in [-0.3, -0.25) is 4.79 Å². The van der Waals surface area contributed by atoms with Gasteiger partial charge in [-0.05, 0) is 0 Å². The van der Waals surface area contributed by atoms with Gasteiger partial charge in [-0.2, -0.15) is 4.39 Å². The van der Waals surface area contributed by atoms with Crippen LogP contribution in [0.3, 0.4) is 0 Å². The van der Waals surface area contributed by atoms with E-state index in [-0.39, 0.29) is 0 Å². The molecule has 1 heterocycles. The predicted molar refractivity (Wildman–Crippen MR) is 38.5 cm³/mol.